The van der Waals surface area contributed by atoms with Crippen LogP contribution in [0.3, 0.4) is 0 Å². The lowest BCUT2D eigenvalue weighted by atomic mass is 10.3. The lowest BCUT2D eigenvalue weighted by Gasteiger charge is -2.00. The first-order valence-corrected chi connectivity index (χ1v) is 6.12. The van der Waals surface area contributed by atoms with Crippen molar-refractivity contribution in [2.24, 2.45) is 0 Å². The quantitative estimate of drug-likeness (QED) is 0.901. The van der Waals surface area contributed by atoms with E-state index in [2.05, 4.69) is 21.0 Å². The van der Waals surface area contributed by atoms with Gasteiger partial charge in [0, 0.05) is 5.92 Å². The van der Waals surface area contributed by atoms with E-state index in [9.17, 15) is 4.79 Å². The van der Waals surface area contributed by atoms with Crippen molar-refractivity contribution in [2.45, 2.75) is 18.8 Å². The van der Waals surface area contributed by atoms with Crippen molar-refractivity contribution < 1.29 is 0 Å². The Kier molecular flexibility index (Phi) is 2.24. The Morgan fingerprint density at radius 3 is 2.56 bits per heavy atom. The largest absolute Gasteiger partial charge is 0.294 e. The minimum Gasteiger partial charge on any atom is -0.294 e. The number of halogens is 1. The van der Waals surface area contributed by atoms with E-state index in [1.165, 1.54) is 12.8 Å². The SMILES string of the molecule is O=c1c(Br)c(C2CC2)[nH]n1-c1ccccc1. The van der Waals surface area contributed by atoms with E-state index >= 15 is 0 Å². The fraction of sp³-hybridized carbons (Fsp3) is 0.250. The molecule has 3 nitrogen and oxygen atoms in total. The first-order chi connectivity index (χ1) is 7.77. The van der Waals surface area contributed by atoms with Crippen molar-refractivity contribution in [3.63, 3.8) is 0 Å². The van der Waals surface area contributed by atoms with E-state index < -0.39 is 0 Å². The van der Waals surface area contributed by atoms with Crippen LogP contribution in [0.4, 0.5) is 0 Å². The molecule has 1 aromatic heterocycles. The summed E-state index contributed by atoms with van der Waals surface area (Å²) in [5, 5.41) is 3.19. The number of aromatic amines is 1. The van der Waals surface area contributed by atoms with Crippen LogP contribution in [0.5, 0.6) is 0 Å². The highest BCUT2D eigenvalue weighted by atomic mass is 79.9. The summed E-state index contributed by atoms with van der Waals surface area (Å²) in [4.78, 5) is 12.0. The fourth-order valence-electron chi connectivity index (χ4n) is 1.84. The predicted octanol–water partition coefficient (Wildman–Crippen LogP) is 2.81. The van der Waals surface area contributed by atoms with Crippen LogP contribution in [0.2, 0.25) is 0 Å². The first-order valence-electron chi connectivity index (χ1n) is 5.33. The maximum Gasteiger partial charge on any atom is 0.285 e. The summed E-state index contributed by atoms with van der Waals surface area (Å²) in [6.45, 7) is 0. The third-order valence-electron chi connectivity index (χ3n) is 2.86. The first kappa shape index (κ1) is 9.90. The molecule has 1 heterocycles. The molecule has 0 atom stereocenters. The zero-order chi connectivity index (χ0) is 11.1. The molecular formula is C12H11BrN2O. The lowest BCUT2D eigenvalue weighted by Crippen LogP contribution is -2.14. The zero-order valence-electron chi connectivity index (χ0n) is 8.61. The normalized spacial score (nSPS) is 15.3. The Morgan fingerprint density at radius 1 is 1.25 bits per heavy atom. The minimum atomic E-state index is -0.00639. The summed E-state index contributed by atoms with van der Waals surface area (Å²) in [7, 11) is 0. The van der Waals surface area contributed by atoms with Crippen LogP contribution in [0.1, 0.15) is 24.5 Å². The molecule has 1 aliphatic carbocycles. The van der Waals surface area contributed by atoms with Crippen LogP contribution in [0, 0.1) is 0 Å². The molecule has 0 saturated heterocycles. The molecule has 1 fully saturated rings. The monoisotopic (exact) mass is 278 g/mol. The summed E-state index contributed by atoms with van der Waals surface area (Å²) >= 11 is 3.37. The van der Waals surface area contributed by atoms with Crippen LogP contribution in [-0.4, -0.2) is 9.78 Å². The molecule has 0 spiro atoms. The van der Waals surface area contributed by atoms with Crippen LogP contribution in [0.15, 0.2) is 39.6 Å². The van der Waals surface area contributed by atoms with Crippen LogP contribution < -0.4 is 5.56 Å². The molecule has 0 amide bonds. The number of hydrogen-bond acceptors (Lipinski definition) is 1. The van der Waals surface area contributed by atoms with Crippen molar-refractivity contribution in [3.05, 3.63) is 50.9 Å². The highest BCUT2D eigenvalue weighted by Gasteiger charge is 2.29. The van der Waals surface area contributed by atoms with Gasteiger partial charge >= 0.3 is 0 Å². The van der Waals surface area contributed by atoms with Gasteiger partial charge in [0.1, 0.15) is 4.47 Å². The molecule has 82 valence electrons. The number of H-pyrrole nitrogens is 1. The van der Waals surface area contributed by atoms with Gasteiger partial charge < -0.3 is 0 Å². The zero-order valence-corrected chi connectivity index (χ0v) is 10.2. The highest BCUT2D eigenvalue weighted by Crippen LogP contribution is 2.41. The molecular weight excluding hydrogens is 268 g/mol. The molecule has 1 aliphatic rings. The molecule has 0 aliphatic heterocycles. The molecule has 0 bridgehead atoms. The van der Waals surface area contributed by atoms with Gasteiger partial charge in [-0.25, -0.2) is 4.68 Å². The summed E-state index contributed by atoms with van der Waals surface area (Å²) < 4.78 is 2.27. The molecule has 4 heteroatoms. The molecule has 1 saturated carbocycles. The Balaban J connectivity index is 2.15. The maximum absolute atomic E-state index is 12.0. The summed E-state index contributed by atoms with van der Waals surface area (Å²) in [6, 6.07) is 9.62. The predicted molar refractivity (Wildman–Crippen MR) is 66.1 cm³/mol. The topological polar surface area (TPSA) is 37.8 Å². The van der Waals surface area contributed by atoms with Gasteiger partial charge in [-0.3, -0.25) is 9.89 Å². The molecule has 1 aromatic carbocycles. The number of nitrogens with zero attached hydrogens (tertiary/aromatic N) is 1. The molecule has 3 rings (SSSR count). The number of benzene rings is 1. The van der Waals surface area contributed by atoms with Gasteiger partial charge in [-0.15, -0.1) is 0 Å². The smallest absolute Gasteiger partial charge is 0.285 e. The van der Waals surface area contributed by atoms with E-state index in [0.29, 0.717) is 10.4 Å². The fourth-order valence-corrected chi connectivity index (χ4v) is 2.42. The summed E-state index contributed by atoms with van der Waals surface area (Å²) in [5.74, 6) is 0.534. The van der Waals surface area contributed by atoms with E-state index in [1.807, 2.05) is 30.3 Å². The van der Waals surface area contributed by atoms with E-state index in [0.717, 1.165) is 11.4 Å². The molecule has 0 radical (unpaired) electrons. The number of aromatic nitrogens is 2. The third kappa shape index (κ3) is 1.53. The Bertz CT molecular complexity index is 566. The molecule has 16 heavy (non-hydrogen) atoms. The van der Waals surface area contributed by atoms with Gasteiger partial charge in [0.25, 0.3) is 5.56 Å². The molecule has 2 aromatic rings. The van der Waals surface area contributed by atoms with Crippen molar-refractivity contribution in [1.29, 1.82) is 0 Å². The Morgan fingerprint density at radius 2 is 1.94 bits per heavy atom. The van der Waals surface area contributed by atoms with Gasteiger partial charge in [-0.2, -0.15) is 0 Å². The minimum absolute atomic E-state index is 0.00639. The second kappa shape index (κ2) is 3.63. The Labute approximate surface area is 101 Å². The number of nitrogens with one attached hydrogen (secondary N) is 1. The third-order valence-corrected chi connectivity index (χ3v) is 3.63. The van der Waals surface area contributed by atoms with Gasteiger partial charge in [-0.05, 0) is 40.9 Å². The van der Waals surface area contributed by atoms with Crippen molar-refractivity contribution in [1.82, 2.24) is 9.78 Å². The average Bonchev–Trinajstić information content (AvgIpc) is 3.10. The number of hydrogen-bond donors (Lipinski definition) is 1. The van der Waals surface area contributed by atoms with Gasteiger partial charge in [0.2, 0.25) is 0 Å². The van der Waals surface area contributed by atoms with Gasteiger partial charge in [0.05, 0.1) is 11.4 Å². The van der Waals surface area contributed by atoms with Gasteiger partial charge in [-0.1, -0.05) is 18.2 Å². The van der Waals surface area contributed by atoms with Gasteiger partial charge in [0.15, 0.2) is 0 Å². The number of rotatable bonds is 2. The van der Waals surface area contributed by atoms with Crippen LogP contribution in [-0.2, 0) is 0 Å². The number of para-hydroxylation sites is 1. The van der Waals surface area contributed by atoms with E-state index in [4.69, 9.17) is 0 Å². The summed E-state index contributed by atoms with van der Waals surface area (Å²) in [6.07, 6.45) is 2.35. The standard InChI is InChI=1S/C12H11BrN2O/c13-10-11(8-6-7-8)14-15(12(10)16)9-4-2-1-3-5-9/h1-5,8,14H,6-7H2. The second-order valence-corrected chi connectivity index (χ2v) is 4.88. The molecule has 0 unspecified atom stereocenters. The van der Waals surface area contributed by atoms with Crippen molar-refractivity contribution in [3.8, 4) is 5.69 Å². The van der Waals surface area contributed by atoms with Crippen LogP contribution in [0.25, 0.3) is 5.69 Å². The van der Waals surface area contributed by atoms with E-state index in [1.54, 1.807) is 4.68 Å². The van der Waals surface area contributed by atoms with Crippen LogP contribution >= 0.6 is 15.9 Å². The highest BCUT2D eigenvalue weighted by molar-refractivity contribution is 9.10. The summed E-state index contributed by atoms with van der Waals surface area (Å²) in [5.41, 5.74) is 1.90. The average molecular weight is 279 g/mol. The Hall–Kier alpha value is -1.29. The maximum atomic E-state index is 12.0. The van der Waals surface area contributed by atoms with E-state index in [-0.39, 0.29) is 5.56 Å². The van der Waals surface area contributed by atoms with Crippen molar-refractivity contribution in [2.75, 3.05) is 0 Å². The van der Waals surface area contributed by atoms with Crippen molar-refractivity contribution >= 4 is 15.9 Å². The lowest BCUT2D eigenvalue weighted by molar-refractivity contribution is 0.816. The second-order valence-electron chi connectivity index (χ2n) is 4.09. The molecule has 1 N–H and O–H groups in total.